The number of nitrogens with zero attached hydrogens (tertiary/aromatic N) is 5. The molecule has 2 aromatic carbocycles. The molecule has 0 radical (unpaired) electrons. The minimum Gasteiger partial charge on any atom is -0.305 e. The molecular weight excluding hydrogens is 457 g/mol. The van der Waals surface area contributed by atoms with E-state index in [2.05, 4.69) is 20.5 Å². The van der Waals surface area contributed by atoms with Crippen LogP contribution in [0.15, 0.2) is 67.0 Å². The van der Waals surface area contributed by atoms with Crippen molar-refractivity contribution in [1.82, 2.24) is 24.4 Å². The molecule has 0 unspecified atom stereocenters. The summed E-state index contributed by atoms with van der Waals surface area (Å²) in [7, 11) is 0. The summed E-state index contributed by atoms with van der Waals surface area (Å²) in [5.41, 5.74) is 0.306. The van der Waals surface area contributed by atoms with E-state index in [0.29, 0.717) is 16.8 Å². The van der Waals surface area contributed by atoms with E-state index in [1.165, 1.54) is 0 Å². The van der Waals surface area contributed by atoms with Gasteiger partial charge >= 0.3 is 6.18 Å². The Morgan fingerprint density at radius 1 is 1.09 bits per heavy atom. The summed E-state index contributed by atoms with van der Waals surface area (Å²) in [6, 6.07) is 16.7. The number of hydrogen-bond acceptors (Lipinski definition) is 4. The second kappa shape index (κ2) is 7.93. The van der Waals surface area contributed by atoms with E-state index >= 15 is 0 Å². The normalized spacial score (nSPS) is 14.0. The Hall–Kier alpha value is -4.21. The van der Waals surface area contributed by atoms with Crippen LogP contribution in [0.3, 0.4) is 0 Å². The molecule has 1 amide bonds. The van der Waals surface area contributed by atoms with Crippen molar-refractivity contribution < 1.29 is 18.0 Å². The SMILES string of the molecule is O=C(Nc1ccn(Cc2cccc3ccccc23)n1)c1cnn2c(C(F)(F)F)cc(C3CC3)nc12. The van der Waals surface area contributed by atoms with E-state index in [1.54, 1.807) is 16.9 Å². The second-order valence-electron chi connectivity index (χ2n) is 8.62. The van der Waals surface area contributed by atoms with E-state index in [9.17, 15) is 18.0 Å². The molecule has 0 atom stereocenters. The summed E-state index contributed by atoms with van der Waals surface area (Å²) in [5.74, 6) is -0.357. The Bertz CT molecular complexity index is 1580. The van der Waals surface area contributed by atoms with Gasteiger partial charge in [-0.2, -0.15) is 23.4 Å². The van der Waals surface area contributed by atoms with E-state index in [1.807, 2.05) is 42.5 Å². The number of amides is 1. The highest BCUT2D eigenvalue weighted by Crippen LogP contribution is 2.41. The molecule has 7 nitrogen and oxygen atoms in total. The zero-order valence-corrected chi connectivity index (χ0v) is 18.3. The first-order valence-corrected chi connectivity index (χ1v) is 11.1. The van der Waals surface area contributed by atoms with Crippen molar-refractivity contribution >= 4 is 28.1 Å². The van der Waals surface area contributed by atoms with Gasteiger partial charge in [-0.15, -0.1) is 0 Å². The minimum absolute atomic E-state index is 0.0170. The lowest BCUT2D eigenvalue weighted by Gasteiger charge is -2.11. The fraction of sp³-hybridized carbons (Fsp3) is 0.200. The van der Waals surface area contributed by atoms with Crippen LogP contribution in [0, 0.1) is 0 Å². The third-order valence-electron chi connectivity index (χ3n) is 6.12. The Kier molecular flexibility index (Phi) is 4.84. The zero-order chi connectivity index (χ0) is 24.2. The number of carbonyl (C=O) groups is 1. The van der Waals surface area contributed by atoms with Crippen LogP contribution in [0.4, 0.5) is 19.0 Å². The molecule has 1 aliphatic rings. The molecule has 1 aliphatic carbocycles. The number of benzene rings is 2. The van der Waals surface area contributed by atoms with Gasteiger partial charge in [0.25, 0.3) is 5.91 Å². The number of anilines is 1. The summed E-state index contributed by atoms with van der Waals surface area (Å²) in [6.07, 6.45) is -0.213. The Morgan fingerprint density at radius 3 is 2.69 bits per heavy atom. The summed E-state index contributed by atoms with van der Waals surface area (Å²) in [6.45, 7) is 0.495. The smallest absolute Gasteiger partial charge is 0.305 e. The van der Waals surface area contributed by atoms with Crippen LogP contribution in [0.25, 0.3) is 16.4 Å². The van der Waals surface area contributed by atoms with E-state index in [0.717, 1.165) is 41.4 Å². The largest absolute Gasteiger partial charge is 0.433 e. The Morgan fingerprint density at radius 2 is 1.89 bits per heavy atom. The minimum atomic E-state index is -4.62. The van der Waals surface area contributed by atoms with E-state index in [4.69, 9.17) is 0 Å². The van der Waals surface area contributed by atoms with Crippen molar-refractivity contribution in [1.29, 1.82) is 0 Å². The Balaban J connectivity index is 1.27. The van der Waals surface area contributed by atoms with Crippen LogP contribution < -0.4 is 5.32 Å². The van der Waals surface area contributed by atoms with Gasteiger partial charge < -0.3 is 5.32 Å². The molecule has 0 spiro atoms. The van der Waals surface area contributed by atoms with E-state index in [-0.39, 0.29) is 22.9 Å². The number of rotatable bonds is 5. The van der Waals surface area contributed by atoms with Crippen molar-refractivity contribution in [2.24, 2.45) is 0 Å². The van der Waals surface area contributed by atoms with Crippen LogP contribution >= 0.6 is 0 Å². The summed E-state index contributed by atoms with van der Waals surface area (Å²) in [5, 5.41) is 13.1. The first kappa shape index (κ1) is 21.3. The van der Waals surface area contributed by atoms with Crippen LogP contribution in [-0.4, -0.2) is 30.3 Å². The van der Waals surface area contributed by atoms with Gasteiger partial charge in [-0.05, 0) is 35.2 Å². The lowest BCUT2D eigenvalue weighted by Crippen LogP contribution is -2.16. The second-order valence-corrected chi connectivity index (χ2v) is 8.62. The molecule has 35 heavy (non-hydrogen) atoms. The molecule has 176 valence electrons. The number of carbonyl (C=O) groups excluding carboxylic acids is 1. The molecule has 3 heterocycles. The van der Waals surface area contributed by atoms with Crippen LogP contribution in [0.5, 0.6) is 0 Å². The molecule has 1 N–H and O–H groups in total. The first-order valence-electron chi connectivity index (χ1n) is 11.1. The molecule has 0 saturated heterocycles. The molecular formula is C25H19F3N6O. The van der Waals surface area contributed by atoms with Crippen LogP contribution in [-0.2, 0) is 12.7 Å². The monoisotopic (exact) mass is 476 g/mol. The molecule has 10 heteroatoms. The topological polar surface area (TPSA) is 77.1 Å². The average Bonchev–Trinajstić information content (AvgIpc) is 3.46. The quantitative estimate of drug-likeness (QED) is 0.375. The number of nitrogens with one attached hydrogen (secondary N) is 1. The van der Waals surface area contributed by atoms with Gasteiger partial charge in [-0.1, -0.05) is 42.5 Å². The van der Waals surface area contributed by atoms with Crippen LogP contribution in [0.2, 0.25) is 0 Å². The number of hydrogen-bond donors (Lipinski definition) is 1. The predicted octanol–water partition coefficient (Wildman–Crippen LogP) is 5.28. The van der Waals surface area contributed by atoms with Gasteiger partial charge in [0.1, 0.15) is 11.3 Å². The van der Waals surface area contributed by atoms with Crippen molar-refractivity contribution in [2.75, 3.05) is 5.32 Å². The molecule has 3 aromatic heterocycles. The van der Waals surface area contributed by atoms with Crippen molar-refractivity contribution in [3.63, 3.8) is 0 Å². The maximum Gasteiger partial charge on any atom is 0.433 e. The molecule has 1 saturated carbocycles. The highest BCUT2D eigenvalue weighted by Gasteiger charge is 2.38. The van der Waals surface area contributed by atoms with Crippen molar-refractivity contribution in [3.8, 4) is 0 Å². The summed E-state index contributed by atoms with van der Waals surface area (Å²) in [4.78, 5) is 17.3. The van der Waals surface area contributed by atoms with E-state index < -0.39 is 17.8 Å². The van der Waals surface area contributed by atoms with Crippen molar-refractivity contribution in [2.45, 2.75) is 31.5 Å². The molecule has 6 rings (SSSR count). The third kappa shape index (κ3) is 4.01. The van der Waals surface area contributed by atoms with Gasteiger partial charge in [0.2, 0.25) is 0 Å². The number of fused-ring (bicyclic) bond motifs is 2. The Labute approximate surface area is 197 Å². The van der Waals surface area contributed by atoms with Crippen LogP contribution in [0.1, 0.15) is 46.1 Å². The van der Waals surface area contributed by atoms with Gasteiger partial charge in [0.05, 0.1) is 12.7 Å². The summed E-state index contributed by atoms with van der Waals surface area (Å²) < 4.78 is 43.2. The first-order chi connectivity index (χ1) is 16.9. The average molecular weight is 476 g/mol. The zero-order valence-electron chi connectivity index (χ0n) is 18.3. The number of halogens is 3. The highest BCUT2D eigenvalue weighted by atomic mass is 19.4. The maximum atomic E-state index is 13.6. The summed E-state index contributed by atoms with van der Waals surface area (Å²) >= 11 is 0. The third-order valence-corrected chi connectivity index (χ3v) is 6.12. The fourth-order valence-electron chi connectivity index (χ4n) is 4.24. The molecule has 0 aliphatic heterocycles. The lowest BCUT2D eigenvalue weighted by atomic mass is 10.0. The van der Waals surface area contributed by atoms with Gasteiger partial charge in [0.15, 0.2) is 11.5 Å². The standard InChI is InChI=1S/C25H19F3N6O/c26-25(27,28)21-12-20(16-8-9-16)30-23-19(13-29-34(21)23)24(35)31-22-10-11-33(32-22)14-17-6-3-5-15-4-1-2-7-18(15)17/h1-7,10-13,16H,8-9,14H2,(H,31,32,35). The lowest BCUT2D eigenvalue weighted by molar-refractivity contribution is -0.142. The van der Waals surface area contributed by atoms with Crippen molar-refractivity contribution in [3.05, 3.63) is 89.5 Å². The highest BCUT2D eigenvalue weighted by molar-refractivity contribution is 6.07. The number of aromatic nitrogens is 5. The van der Waals surface area contributed by atoms with Gasteiger partial charge in [-0.25, -0.2) is 9.50 Å². The predicted molar refractivity (Wildman–Crippen MR) is 123 cm³/mol. The number of alkyl halides is 3. The van der Waals surface area contributed by atoms with Gasteiger partial charge in [-0.3, -0.25) is 9.48 Å². The fourth-order valence-corrected chi connectivity index (χ4v) is 4.24. The molecule has 0 bridgehead atoms. The van der Waals surface area contributed by atoms with Gasteiger partial charge in [0, 0.05) is 23.9 Å². The molecule has 5 aromatic rings. The molecule has 1 fully saturated rings. The maximum absolute atomic E-state index is 13.6.